The quantitative estimate of drug-likeness (QED) is 0.0906. The van der Waals surface area contributed by atoms with E-state index >= 15 is 0 Å². The van der Waals surface area contributed by atoms with Gasteiger partial charge in [0.25, 0.3) is 0 Å². The van der Waals surface area contributed by atoms with Crippen molar-refractivity contribution in [2.75, 3.05) is 0 Å². The highest BCUT2D eigenvalue weighted by Gasteiger charge is 2.26. The van der Waals surface area contributed by atoms with E-state index in [2.05, 4.69) is 354 Å². The lowest BCUT2D eigenvalue weighted by Gasteiger charge is -2.20. The van der Waals surface area contributed by atoms with Gasteiger partial charge in [0.15, 0.2) is 24.8 Å². The molecule has 84 heavy (non-hydrogen) atoms. The van der Waals surface area contributed by atoms with E-state index in [0.29, 0.717) is 11.8 Å². The van der Waals surface area contributed by atoms with Gasteiger partial charge >= 0.3 is 0 Å². The van der Waals surface area contributed by atoms with Gasteiger partial charge in [-0.05, 0) is 121 Å². The van der Waals surface area contributed by atoms with E-state index in [4.69, 9.17) is 0 Å². The van der Waals surface area contributed by atoms with E-state index in [-0.39, 0.29) is 5.41 Å². The van der Waals surface area contributed by atoms with Crippen LogP contribution in [0.25, 0.3) is 45.0 Å². The smallest absolute Gasteiger partial charge is 0.201 e. The number of aryl methyl sites for hydroxylation is 9. The van der Waals surface area contributed by atoms with Gasteiger partial charge in [-0.3, -0.25) is 0 Å². The van der Waals surface area contributed by atoms with Crippen LogP contribution in [0.3, 0.4) is 0 Å². The summed E-state index contributed by atoms with van der Waals surface area (Å²) in [7, 11) is 3.66. The van der Waals surface area contributed by atoms with Crippen LogP contribution >= 0.6 is 0 Å². The minimum Gasteiger partial charge on any atom is -0.201 e. The average molecular weight is 1190 g/mol. The van der Waals surface area contributed by atoms with Crippen LogP contribution in [0.4, 0.5) is 0 Å². The normalized spacial score (nSPS) is 12.1. The Morgan fingerprint density at radius 3 is 0.940 bits per heavy atom. The molecular weight excluding hydrogens is 1080 g/mol. The van der Waals surface area contributed by atoms with Gasteiger partial charge in [0.1, 0.15) is 28.2 Å². The molecule has 0 aliphatic rings. The van der Waals surface area contributed by atoms with Crippen molar-refractivity contribution in [3.8, 4) is 45.0 Å². The number of nitrogens with zero attached hydrogens (tertiary/aromatic N) is 4. The molecule has 0 amide bonds. The molecule has 0 saturated heterocycles. The van der Waals surface area contributed by atoms with Gasteiger partial charge in [0, 0.05) is 67.3 Å². The van der Waals surface area contributed by atoms with Crippen molar-refractivity contribution in [1.82, 2.24) is 0 Å². The SMILES string of the molecule is Cc1cc(C(C)(C)C)ccc1-c1ccc([Si](C)(C)C)c[n+]1C.Cc1cc(C(C)C)ccc1-c1ccc([Si](C)(C)C)c[n+]1C.Cc1cc(CC(C)C)ccc1-c1ccc([Si](C)(C)C)c[n+]1C.Cc1ccc(-c2ccc([Si](C)(C)C)c[n+]2C)c(C)c1. The molecule has 0 unspecified atom stereocenters. The highest BCUT2D eigenvalue weighted by molar-refractivity contribution is 6.89. The molecule has 8 aromatic rings. The Labute approximate surface area is 517 Å². The molecule has 0 aliphatic carbocycles. The van der Waals surface area contributed by atoms with Gasteiger partial charge in [0.2, 0.25) is 22.8 Å². The second kappa shape index (κ2) is 27.8. The third kappa shape index (κ3) is 18.7. The Morgan fingerprint density at radius 2 is 0.667 bits per heavy atom. The maximum Gasteiger partial charge on any atom is 0.212 e. The van der Waals surface area contributed by atoms with E-state index in [9.17, 15) is 0 Å². The Kier molecular flexibility index (Phi) is 22.9. The summed E-state index contributed by atoms with van der Waals surface area (Å²) in [6.07, 6.45) is 10.4. The second-order valence-corrected chi connectivity index (χ2v) is 50.5. The monoisotopic (exact) mass is 1190 g/mol. The van der Waals surface area contributed by atoms with Crippen LogP contribution in [0.2, 0.25) is 78.6 Å². The molecule has 0 saturated carbocycles. The summed E-state index contributed by atoms with van der Waals surface area (Å²) in [5.74, 6) is 1.29. The van der Waals surface area contributed by atoms with Crippen LogP contribution < -0.4 is 39.0 Å². The van der Waals surface area contributed by atoms with Gasteiger partial charge < -0.3 is 0 Å². The topological polar surface area (TPSA) is 15.5 Å². The number of rotatable bonds is 11. The molecule has 4 nitrogen and oxygen atoms in total. The van der Waals surface area contributed by atoms with Crippen molar-refractivity contribution in [2.45, 2.75) is 179 Å². The molecule has 0 aliphatic heterocycles. The maximum atomic E-state index is 2.40. The van der Waals surface area contributed by atoms with Crippen molar-refractivity contribution in [3.63, 3.8) is 0 Å². The Hall–Kier alpha value is -5.65. The molecule has 4 aromatic carbocycles. The summed E-state index contributed by atoms with van der Waals surface area (Å²) < 4.78 is 9.13. The first-order valence-corrected chi connectivity index (χ1v) is 45.1. The first kappa shape index (κ1) is 69.1. The summed E-state index contributed by atoms with van der Waals surface area (Å²) in [6.45, 7) is 55.6. The molecule has 8 rings (SSSR count). The first-order chi connectivity index (χ1) is 38.7. The number of benzene rings is 4. The minimum absolute atomic E-state index is 0.202. The predicted octanol–water partition coefficient (Wildman–Crippen LogP) is 16.1. The van der Waals surface area contributed by atoms with Crippen LogP contribution in [0.15, 0.2) is 146 Å². The average Bonchev–Trinajstić information content (AvgIpc) is 3.59. The second-order valence-electron chi connectivity index (χ2n) is 30.2. The molecule has 0 atom stereocenters. The Morgan fingerprint density at radius 1 is 0.357 bits per heavy atom. The molecule has 4 heterocycles. The number of pyridine rings is 4. The van der Waals surface area contributed by atoms with Crippen molar-refractivity contribution in [1.29, 1.82) is 0 Å². The van der Waals surface area contributed by atoms with Crippen molar-refractivity contribution in [2.24, 2.45) is 34.1 Å². The molecule has 448 valence electrons. The Balaban J connectivity index is 0.000000205. The summed E-state index contributed by atoms with van der Waals surface area (Å²) in [4.78, 5) is 0. The third-order valence-corrected chi connectivity index (χ3v) is 24.5. The van der Waals surface area contributed by atoms with E-state index in [1.807, 2.05) is 0 Å². The van der Waals surface area contributed by atoms with Crippen LogP contribution in [0.1, 0.15) is 98.9 Å². The number of hydrogen-bond acceptors (Lipinski definition) is 0. The minimum atomic E-state index is -1.26. The van der Waals surface area contributed by atoms with Gasteiger partial charge in [0.05, 0.1) is 32.3 Å². The molecule has 0 bridgehead atoms. The molecule has 4 aromatic heterocycles. The predicted molar refractivity (Wildman–Crippen MR) is 379 cm³/mol. The zero-order chi connectivity index (χ0) is 63.2. The van der Waals surface area contributed by atoms with Crippen molar-refractivity contribution >= 4 is 53.0 Å². The van der Waals surface area contributed by atoms with Crippen LogP contribution in [0, 0.1) is 40.5 Å². The van der Waals surface area contributed by atoms with Crippen molar-refractivity contribution < 1.29 is 18.3 Å². The number of aromatic nitrogens is 4. The largest absolute Gasteiger partial charge is 0.212 e. The van der Waals surface area contributed by atoms with Gasteiger partial charge in [-0.2, -0.15) is 0 Å². The highest BCUT2D eigenvalue weighted by Crippen LogP contribution is 2.29. The van der Waals surface area contributed by atoms with Gasteiger partial charge in [-0.1, -0.05) is 205 Å². The fourth-order valence-electron chi connectivity index (χ4n) is 10.8. The lowest BCUT2D eigenvalue weighted by Crippen LogP contribution is -2.45. The fourth-order valence-corrected chi connectivity index (χ4v) is 15.4. The lowest BCUT2D eigenvalue weighted by molar-refractivity contribution is -0.659. The maximum absolute atomic E-state index is 2.40. The van der Waals surface area contributed by atoms with E-state index < -0.39 is 32.3 Å². The summed E-state index contributed by atoms with van der Waals surface area (Å²) in [5.41, 5.74) is 21.7. The zero-order valence-electron chi connectivity index (χ0n) is 58.0. The molecule has 0 N–H and O–H groups in total. The van der Waals surface area contributed by atoms with E-state index in [1.54, 1.807) is 0 Å². The standard InChI is InChI=1S/2C20H30NSi.C19H28NSi.C17H24NSi/c1-15-13-16(20(2,3)4)9-11-18(15)19-12-10-17(14-21(19)5)22(6,7)8;1-15(2)12-17-8-10-19(16(3)13-17)20-11-9-18(14-21(20)4)22(5,6)7;1-14(2)16-8-10-18(15(3)12-16)19-11-9-17(13-20(19)4)21(5,6)7;1-13-7-9-16(14(2)11-13)17-10-8-15(12-18(17)3)19(4,5)6/h9-14H,1-8H3;8-11,13-15H,12H2,1-7H3;8-14H,1-7H3;7-12H,1-6H3/q4*+1. The zero-order valence-corrected chi connectivity index (χ0v) is 62.0. The highest BCUT2D eigenvalue weighted by atomic mass is 28.3. The molecule has 0 fully saturated rings. The van der Waals surface area contributed by atoms with Crippen molar-refractivity contribution in [3.05, 3.63) is 191 Å². The summed E-state index contributed by atoms with van der Waals surface area (Å²) in [6, 6.07) is 45.7. The fraction of sp³-hybridized carbons (Fsp3) is 0.421. The lowest BCUT2D eigenvalue weighted by atomic mass is 9.85. The first-order valence-electron chi connectivity index (χ1n) is 31.1. The molecule has 0 spiro atoms. The van der Waals surface area contributed by atoms with Crippen LogP contribution in [-0.2, 0) is 40.0 Å². The Bertz CT molecular complexity index is 3490. The molecule has 0 radical (unpaired) electrons. The number of hydrogen-bond donors (Lipinski definition) is 0. The van der Waals surface area contributed by atoms with Gasteiger partial charge in [-0.25, -0.2) is 18.3 Å². The third-order valence-electron chi connectivity index (χ3n) is 16.4. The molecular formula is C76H112N4Si4+4. The van der Waals surface area contributed by atoms with E-state index in [0.717, 1.165) is 6.42 Å². The van der Waals surface area contributed by atoms with Gasteiger partial charge in [-0.15, -0.1) is 0 Å². The summed E-state index contributed by atoms with van der Waals surface area (Å²) >= 11 is 0. The van der Waals surface area contributed by atoms with E-state index in [1.165, 1.54) is 110 Å². The molecule has 8 heteroatoms. The summed E-state index contributed by atoms with van der Waals surface area (Å²) in [5, 5.41) is 6.02. The van der Waals surface area contributed by atoms with Crippen LogP contribution in [0.5, 0.6) is 0 Å². The van der Waals surface area contributed by atoms with Crippen LogP contribution in [-0.4, -0.2) is 32.3 Å².